The van der Waals surface area contributed by atoms with E-state index in [1.165, 1.54) is 33.4 Å². The van der Waals surface area contributed by atoms with Crippen molar-refractivity contribution < 1.29 is 28.9 Å². The predicted molar refractivity (Wildman–Crippen MR) is 225 cm³/mol. The van der Waals surface area contributed by atoms with Gasteiger partial charge in [0, 0.05) is 54.6 Å². The first-order chi connectivity index (χ1) is 28.0. The van der Waals surface area contributed by atoms with E-state index in [0.29, 0.717) is 11.6 Å². The van der Waals surface area contributed by atoms with Crippen molar-refractivity contribution in [3.63, 3.8) is 0 Å². The number of hydrogen-bond donors (Lipinski definition) is 0. The molecular formula is C51H36IrN4O2-2. The van der Waals surface area contributed by atoms with Gasteiger partial charge in [0.1, 0.15) is 5.76 Å². The molecule has 0 fully saturated rings. The van der Waals surface area contributed by atoms with Crippen LogP contribution in [0.2, 0.25) is 0 Å². The molecule has 0 amide bonds. The molecule has 10 aromatic rings. The van der Waals surface area contributed by atoms with Gasteiger partial charge in [0.2, 0.25) is 5.71 Å². The van der Waals surface area contributed by atoms with Crippen molar-refractivity contribution in [2.45, 2.75) is 38.5 Å². The Hall–Kier alpha value is -6.40. The monoisotopic (exact) mass is 929 g/mol. The number of para-hydroxylation sites is 1. The van der Waals surface area contributed by atoms with Gasteiger partial charge in [-0.15, -0.1) is 54.1 Å². The van der Waals surface area contributed by atoms with Crippen molar-refractivity contribution in [2.24, 2.45) is 0 Å². The first-order valence-electron chi connectivity index (χ1n) is 19.4. The molecule has 3 aliphatic rings. The first kappa shape index (κ1) is 36.0. The Balaban J connectivity index is 0.000000270. The molecule has 1 radical (unpaired) electrons. The quantitative estimate of drug-likeness (QED) is 0.164. The van der Waals surface area contributed by atoms with Gasteiger partial charge in [-0.3, -0.25) is 4.98 Å². The van der Waals surface area contributed by atoms with Crippen LogP contribution < -0.4 is 0 Å². The van der Waals surface area contributed by atoms with E-state index in [9.17, 15) is 0 Å². The smallest absolute Gasteiger partial charge is 0.216 e. The predicted octanol–water partition coefficient (Wildman–Crippen LogP) is 12.3. The number of fused-ring (bicyclic) bond motifs is 4. The van der Waals surface area contributed by atoms with Crippen LogP contribution >= 0.6 is 0 Å². The minimum Gasteiger partial charge on any atom is -0.486 e. The third kappa shape index (κ3) is 5.53. The number of furan rings is 2. The Bertz CT molecular complexity index is 3110. The zero-order valence-electron chi connectivity index (χ0n) is 32.0. The summed E-state index contributed by atoms with van der Waals surface area (Å²) < 4.78 is 15.1. The van der Waals surface area contributed by atoms with Crippen molar-refractivity contribution in [2.75, 3.05) is 0 Å². The summed E-state index contributed by atoms with van der Waals surface area (Å²) in [4.78, 5) is 14.3. The summed E-state index contributed by atoms with van der Waals surface area (Å²) >= 11 is 0. The van der Waals surface area contributed by atoms with Crippen LogP contribution in [0.3, 0.4) is 0 Å². The molecule has 0 spiro atoms. The van der Waals surface area contributed by atoms with Gasteiger partial charge in [0.05, 0.1) is 34.6 Å². The Labute approximate surface area is 349 Å². The molecule has 58 heavy (non-hydrogen) atoms. The number of nitrogens with zero attached hydrogens (tertiary/aromatic N) is 4. The van der Waals surface area contributed by atoms with Gasteiger partial charge < -0.3 is 18.4 Å². The Morgan fingerprint density at radius 3 is 2.31 bits per heavy atom. The van der Waals surface area contributed by atoms with Crippen LogP contribution in [-0.2, 0) is 20.1 Å². The molecule has 0 N–H and O–H groups in total. The summed E-state index contributed by atoms with van der Waals surface area (Å²) in [5.41, 5.74) is 16.1. The van der Waals surface area contributed by atoms with Crippen molar-refractivity contribution in [3.8, 4) is 28.3 Å². The number of rotatable bonds is 4. The van der Waals surface area contributed by atoms with E-state index >= 15 is 0 Å². The van der Waals surface area contributed by atoms with E-state index in [4.69, 9.17) is 18.8 Å². The third-order valence-corrected chi connectivity index (χ3v) is 11.5. The molecule has 5 aromatic carbocycles. The molecule has 5 aromatic heterocycles. The van der Waals surface area contributed by atoms with E-state index in [1.807, 2.05) is 67.8 Å². The number of hydrogen-bond acceptors (Lipinski definition) is 5. The summed E-state index contributed by atoms with van der Waals surface area (Å²) in [6.07, 6.45) is 3.64. The third-order valence-electron chi connectivity index (χ3n) is 11.5. The molecule has 2 bridgehead atoms. The maximum atomic E-state index is 6.52. The number of benzene rings is 5. The van der Waals surface area contributed by atoms with Crippen molar-refractivity contribution in [3.05, 3.63) is 203 Å². The summed E-state index contributed by atoms with van der Waals surface area (Å²) in [6.45, 7) is 6.49. The molecule has 5 heterocycles. The van der Waals surface area contributed by atoms with Crippen LogP contribution in [0.1, 0.15) is 76.4 Å². The summed E-state index contributed by atoms with van der Waals surface area (Å²) in [6, 6.07) is 52.7. The van der Waals surface area contributed by atoms with E-state index < -0.39 is 0 Å². The summed E-state index contributed by atoms with van der Waals surface area (Å²) in [7, 11) is 0. The molecule has 0 saturated heterocycles. The topological polar surface area (TPSA) is 69.9 Å². The number of imidazole rings is 1. The normalized spacial score (nSPS) is 14.8. The van der Waals surface area contributed by atoms with Gasteiger partial charge in [0.15, 0.2) is 0 Å². The minimum atomic E-state index is 0. The molecule has 283 valence electrons. The molecule has 0 aliphatic heterocycles. The second-order valence-electron chi connectivity index (χ2n) is 15.1. The Morgan fingerprint density at radius 2 is 1.50 bits per heavy atom. The standard InChI is InChI=1S/C40H28N3O2.C11H8N.Ir/c1-21(2)23-9-6-7-14-32(23)43-36-31(42-39(43)30-13-8-12-26-27-16-15-22(3)41-40(27)45-37(26)30)18-17-28-34-25-11-5-4-10-24(25)33(35(28)36)29-19-20-44-38(29)34;1-2-6-10(7-3-1)11-8-4-5-9-12-11;/h4-12,14-21,33-34H,1-3H3;1-6,8-9H;/q2*-1;. The van der Waals surface area contributed by atoms with Crippen LogP contribution in [0.4, 0.5) is 0 Å². The van der Waals surface area contributed by atoms with E-state index in [2.05, 4.69) is 114 Å². The zero-order chi connectivity index (χ0) is 38.2. The second-order valence-corrected chi connectivity index (χ2v) is 15.1. The average Bonchev–Trinajstić information content (AvgIpc) is 4.00. The zero-order valence-corrected chi connectivity index (χ0v) is 34.4. The van der Waals surface area contributed by atoms with Gasteiger partial charge in [-0.2, -0.15) is 0 Å². The van der Waals surface area contributed by atoms with Gasteiger partial charge in [-0.1, -0.05) is 85.5 Å². The van der Waals surface area contributed by atoms with Crippen LogP contribution in [-0.4, -0.2) is 19.5 Å². The van der Waals surface area contributed by atoms with Gasteiger partial charge in [0.25, 0.3) is 0 Å². The molecule has 7 heteroatoms. The molecular weight excluding hydrogens is 893 g/mol. The van der Waals surface area contributed by atoms with Gasteiger partial charge in [-0.25, -0.2) is 4.98 Å². The second kappa shape index (κ2) is 14.2. The van der Waals surface area contributed by atoms with Crippen LogP contribution in [0.15, 0.2) is 155 Å². The Morgan fingerprint density at radius 1 is 0.690 bits per heavy atom. The average molecular weight is 929 g/mol. The van der Waals surface area contributed by atoms with Crippen molar-refractivity contribution in [1.82, 2.24) is 19.5 Å². The maximum absolute atomic E-state index is 6.52. The van der Waals surface area contributed by atoms with Crippen LogP contribution in [0.5, 0.6) is 0 Å². The number of aryl methyl sites for hydroxylation is 1. The van der Waals surface area contributed by atoms with Crippen LogP contribution in [0, 0.1) is 19.1 Å². The molecule has 2 unspecified atom stereocenters. The van der Waals surface area contributed by atoms with Crippen LogP contribution in [0.25, 0.3) is 61.4 Å². The number of aromatic nitrogens is 4. The fourth-order valence-corrected chi connectivity index (χ4v) is 9.07. The molecule has 0 saturated carbocycles. The fourth-order valence-electron chi connectivity index (χ4n) is 9.07. The fraction of sp³-hybridized carbons (Fsp3) is 0.118. The number of pyridine rings is 2. The summed E-state index contributed by atoms with van der Waals surface area (Å²) in [5, 5.41) is 2.01. The first-order valence-corrected chi connectivity index (χ1v) is 19.4. The van der Waals surface area contributed by atoms with E-state index in [-0.39, 0.29) is 31.9 Å². The minimum absolute atomic E-state index is 0. The molecule has 3 aliphatic carbocycles. The van der Waals surface area contributed by atoms with Gasteiger partial charge >= 0.3 is 0 Å². The van der Waals surface area contributed by atoms with Gasteiger partial charge in [-0.05, 0) is 82.8 Å². The summed E-state index contributed by atoms with van der Waals surface area (Å²) in [5.74, 6) is 2.27. The van der Waals surface area contributed by atoms with Crippen molar-refractivity contribution >= 4 is 33.1 Å². The van der Waals surface area contributed by atoms with Crippen molar-refractivity contribution in [1.29, 1.82) is 0 Å². The molecule has 6 nitrogen and oxygen atoms in total. The maximum Gasteiger partial charge on any atom is 0.216 e. The molecule has 2 atom stereocenters. The van der Waals surface area contributed by atoms with E-state index in [1.54, 1.807) is 6.20 Å². The molecule has 13 rings (SSSR count). The Kier molecular flexibility index (Phi) is 8.81. The largest absolute Gasteiger partial charge is 0.486 e. The van der Waals surface area contributed by atoms with E-state index in [0.717, 1.165) is 67.2 Å². The SMILES string of the molecule is Cc1ccc2c(n1)oc1c(-c3nc4ccc5c(c4n3-c3ccccc3C(C)C)C3c4ccccc4C5c4occc43)[c-]ccc12.[Ir].[c-]1ccccc1-c1ccccn1.